The summed E-state index contributed by atoms with van der Waals surface area (Å²) in [7, 11) is 1.72. The molecule has 1 aliphatic rings. The maximum atomic E-state index is 5.34. The first-order valence-corrected chi connectivity index (χ1v) is 9.26. The molecule has 1 heterocycles. The van der Waals surface area contributed by atoms with Gasteiger partial charge in [0.25, 0.3) is 0 Å². The predicted molar refractivity (Wildman–Crippen MR) is 106 cm³/mol. The van der Waals surface area contributed by atoms with Gasteiger partial charge in [0.05, 0.1) is 7.11 Å². The Bertz CT molecular complexity index is 857. The van der Waals surface area contributed by atoms with Crippen molar-refractivity contribution in [1.29, 1.82) is 0 Å². The van der Waals surface area contributed by atoms with Crippen LogP contribution in [0, 0.1) is 0 Å². The zero-order valence-corrected chi connectivity index (χ0v) is 15.4. The molecule has 1 aliphatic heterocycles. The van der Waals surface area contributed by atoms with Crippen LogP contribution in [0.4, 0.5) is 0 Å². The van der Waals surface area contributed by atoms with Crippen LogP contribution in [0.2, 0.25) is 0 Å². The Balaban J connectivity index is 1.70. The van der Waals surface area contributed by atoms with Crippen LogP contribution in [-0.2, 0) is 13.1 Å². The van der Waals surface area contributed by atoms with Crippen molar-refractivity contribution in [2.24, 2.45) is 0 Å². The zero-order valence-electron chi connectivity index (χ0n) is 15.4. The molecule has 0 radical (unpaired) electrons. The van der Waals surface area contributed by atoms with Crippen LogP contribution in [0.25, 0.3) is 0 Å². The quantitative estimate of drug-likeness (QED) is 0.643. The minimum Gasteiger partial charge on any atom is -0.497 e. The highest BCUT2D eigenvalue weighted by atomic mass is 16.5. The first-order valence-electron chi connectivity index (χ1n) is 9.26. The van der Waals surface area contributed by atoms with Crippen molar-refractivity contribution >= 4 is 0 Å². The van der Waals surface area contributed by atoms with E-state index in [0.717, 1.165) is 18.8 Å². The fourth-order valence-electron chi connectivity index (χ4n) is 4.10. The summed E-state index contributed by atoms with van der Waals surface area (Å²) in [5, 5.41) is 0. The summed E-state index contributed by atoms with van der Waals surface area (Å²) < 4.78 is 5.34. The fourth-order valence-corrected chi connectivity index (χ4v) is 4.10. The number of rotatable bonds is 4. The van der Waals surface area contributed by atoms with E-state index < -0.39 is 0 Å². The van der Waals surface area contributed by atoms with Crippen molar-refractivity contribution < 1.29 is 4.74 Å². The molecule has 3 aromatic carbocycles. The Hall–Kier alpha value is -2.58. The van der Waals surface area contributed by atoms with Crippen molar-refractivity contribution in [1.82, 2.24) is 4.90 Å². The van der Waals surface area contributed by atoms with Crippen molar-refractivity contribution in [2.75, 3.05) is 7.11 Å². The standard InChI is InChI=1S/C24H25NO/c1-18-24(20-12-14-22(26-2)15-13-20)23-11-7-6-10-21(23)17-25(18)16-19-8-4-3-5-9-19/h3-15,18,24H,16-17H2,1-2H3/t18-,24+/m0/s1. The number of ether oxygens (including phenoxy) is 1. The highest BCUT2D eigenvalue weighted by molar-refractivity contribution is 5.43. The topological polar surface area (TPSA) is 12.5 Å². The Labute approximate surface area is 156 Å². The molecule has 0 aromatic heterocycles. The van der Waals surface area contributed by atoms with Gasteiger partial charge in [-0.3, -0.25) is 4.90 Å². The van der Waals surface area contributed by atoms with Crippen LogP contribution >= 0.6 is 0 Å². The third-order valence-corrected chi connectivity index (χ3v) is 5.53. The second-order valence-electron chi connectivity index (χ2n) is 7.08. The average Bonchev–Trinajstić information content (AvgIpc) is 2.70. The summed E-state index contributed by atoms with van der Waals surface area (Å²) >= 11 is 0. The lowest BCUT2D eigenvalue weighted by Crippen LogP contribution is -2.41. The maximum Gasteiger partial charge on any atom is 0.118 e. The third-order valence-electron chi connectivity index (χ3n) is 5.53. The molecule has 0 saturated carbocycles. The lowest BCUT2D eigenvalue weighted by Gasteiger charge is -2.41. The van der Waals surface area contributed by atoms with Gasteiger partial charge in [-0.15, -0.1) is 0 Å². The van der Waals surface area contributed by atoms with Crippen LogP contribution < -0.4 is 4.74 Å². The van der Waals surface area contributed by atoms with Gasteiger partial charge in [-0.1, -0.05) is 66.7 Å². The van der Waals surface area contributed by atoms with Gasteiger partial charge in [0.15, 0.2) is 0 Å². The van der Waals surface area contributed by atoms with Crippen molar-refractivity contribution in [3.63, 3.8) is 0 Å². The van der Waals surface area contributed by atoms with Gasteiger partial charge in [-0.05, 0) is 41.3 Å². The Kier molecular flexibility index (Phi) is 4.77. The lowest BCUT2D eigenvalue weighted by atomic mass is 9.79. The molecule has 0 amide bonds. The molecule has 26 heavy (non-hydrogen) atoms. The van der Waals surface area contributed by atoms with E-state index in [4.69, 9.17) is 4.74 Å². The zero-order chi connectivity index (χ0) is 17.9. The number of hydrogen-bond donors (Lipinski definition) is 0. The van der Waals surface area contributed by atoms with E-state index in [1.54, 1.807) is 7.11 Å². The van der Waals surface area contributed by atoms with Gasteiger partial charge < -0.3 is 4.74 Å². The Morgan fingerprint density at radius 3 is 2.31 bits per heavy atom. The summed E-state index contributed by atoms with van der Waals surface area (Å²) in [6.07, 6.45) is 0. The largest absolute Gasteiger partial charge is 0.497 e. The Morgan fingerprint density at radius 1 is 0.885 bits per heavy atom. The smallest absolute Gasteiger partial charge is 0.118 e. The molecular formula is C24H25NO. The molecule has 132 valence electrons. The first kappa shape index (κ1) is 16.9. The molecular weight excluding hydrogens is 318 g/mol. The van der Waals surface area contributed by atoms with Crippen LogP contribution in [-0.4, -0.2) is 18.1 Å². The van der Waals surface area contributed by atoms with E-state index >= 15 is 0 Å². The fraction of sp³-hybridized carbons (Fsp3) is 0.250. The molecule has 0 aliphatic carbocycles. The van der Waals surface area contributed by atoms with Gasteiger partial charge in [0.1, 0.15) is 5.75 Å². The molecule has 0 fully saturated rings. The minimum atomic E-state index is 0.370. The van der Waals surface area contributed by atoms with Gasteiger partial charge in [-0.2, -0.15) is 0 Å². The number of methoxy groups -OCH3 is 1. The molecule has 2 heteroatoms. The van der Waals surface area contributed by atoms with E-state index in [0.29, 0.717) is 12.0 Å². The minimum absolute atomic E-state index is 0.370. The molecule has 4 rings (SSSR count). The molecule has 3 aromatic rings. The monoisotopic (exact) mass is 343 g/mol. The lowest BCUT2D eigenvalue weighted by molar-refractivity contribution is 0.160. The predicted octanol–water partition coefficient (Wildman–Crippen LogP) is 5.23. The molecule has 0 N–H and O–H groups in total. The van der Waals surface area contributed by atoms with E-state index in [2.05, 4.69) is 90.7 Å². The molecule has 2 nitrogen and oxygen atoms in total. The summed E-state index contributed by atoms with van der Waals surface area (Å²) in [4.78, 5) is 2.59. The van der Waals surface area contributed by atoms with Gasteiger partial charge in [0, 0.05) is 25.0 Å². The van der Waals surface area contributed by atoms with E-state index in [9.17, 15) is 0 Å². The van der Waals surface area contributed by atoms with Crippen molar-refractivity contribution in [3.8, 4) is 5.75 Å². The number of hydrogen-bond acceptors (Lipinski definition) is 2. The van der Waals surface area contributed by atoms with E-state index in [1.165, 1.54) is 22.3 Å². The first-order chi connectivity index (χ1) is 12.8. The van der Waals surface area contributed by atoms with E-state index in [1.807, 2.05) is 0 Å². The molecule has 2 atom stereocenters. The van der Waals surface area contributed by atoms with Crippen LogP contribution in [0.15, 0.2) is 78.9 Å². The maximum absolute atomic E-state index is 5.34. The number of fused-ring (bicyclic) bond motifs is 1. The summed E-state index contributed by atoms with van der Waals surface area (Å²) in [6.45, 7) is 4.33. The van der Waals surface area contributed by atoms with E-state index in [-0.39, 0.29) is 0 Å². The van der Waals surface area contributed by atoms with Crippen LogP contribution in [0.3, 0.4) is 0 Å². The average molecular weight is 343 g/mol. The molecule has 0 unspecified atom stereocenters. The molecule has 0 saturated heterocycles. The molecule has 0 spiro atoms. The number of nitrogens with zero attached hydrogens (tertiary/aromatic N) is 1. The second-order valence-corrected chi connectivity index (χ2v) is 7.08. The summed E-state index contributed by atoms with van der Waals surface area (Å²) in [5.74, 6) is 1.28. The number of benzene rings is 3. The summed E-state index contributed by atoms with van der Waals surface area (Å²) in [6, 6.07) is 28.6. The van der Waals surface area contributed by atoms with Gasteiger partial charge >= 0.3 is 0 Å². The molecule has 0 bridgehead atoms. The van der Waals surface area contributed by atoms with Crippen molar-refractivity contribution in [2.45, 2.75) is 32.0 Å². The van der Waals surface area contributed by atoms with Crippen LogP contribution in [0.5, 0.6) is 5.75 Å². The Morgan fingerprint density at radius 2 is 1.58 bits per heavy atom. The van der Waals surface area contributed by atoms with Crippen LogP contribution in [0.1, 0.15) is 35.1 Å². The van der Waals surface area contributed by atoms with Gasteiger partial charge in [-0.25, -0.2) is 0 Å². The normalized spacial score (nSPS) is 19.8. The van der Waals surface area contributed by atoms with Crippen molar-refractivity contribution in [3.05, 3.63) is 101 Å². The van der Waals surface area contributed by atoms with Gasteiger partial charge in [0.2, 0.25) is 0 Å². The highest BCUT2D eigenvalue weighted by Crippen LogP contribution is 2.39. The highest BCUT2D eigenvalue weighted by Gasteiger charge is 2.32. The third kappa shape index (κ3) is 3.25. The summed E-state index contributed by atoms with van der Waals surface area (Å²) in [5.41, 5.74) is 5.60. The SMILES string of the molecule is COc1ccc([C@@H]2c3ccccc3CN(Cc3ccccc3)[C@H]2C)cc1. The second kappa shape index (κ2) is 7.35.